The fraction of sp³-hybridized carbons (Fsp3) is 0.300. The van der Waals surface area contributed by atoms with Crippen LogP contribution < -0.4 is 4.90 Å². The van der Waals surface area contributed by atoms with E-state index in [0.717, 1.165) is 11.4 Å². The van der Waals surface area contributed by atoms with Crippen molar-refractivity contribution in [3.63, 3.8) is 0 Å². The van der Waals surface area contributed by atoms with Gasteiger partial charge in [-0.3, -0.25) is 0 Å². The Balaban J connectivity index is 2.49. The van der Waals surface area contributed by atoms with Crippen LogP contribution in [0.2, 0.25) is 5.15 Å². The van der Waals surface area contributed by atoms with Crippen LogP contribution in [-0.2, 0) is 7.05 Å². The highest BCUT2D eigenvalue weighted by molar-refractivity contribution is 6.29. The molecule has 0 bridgehead atoms. The minimum absolute atomic E-state index is 0.451. The van der Waals surface area contributed by atoms with Crippen LogP contribution >= 0.6 is 11.6 Å². The summed E-state index contributed by atoms with van der Waals surface area (Å²) >= 11 is 5.96. The molecular formula is C10H12ClN5. The maximum Gasteiger partial charge on any atom is 0.131 e. The Morgan fingerprint density at radius 2 is 2.00 bits per heavy atom. The van der Waals surface area contributed by atoms with Gasteiger partial charge in [0.15, 0.2) is 0 Å². The van der Waals surface area contributed by atoms with Crippen molar-refractivity contribution >= 4 is 17.3 Å². The Bertz CT molecular complexity index is 506. The van der Waals surface area contributed by atoms with Gasteiger partial charge in [0, 0.05) is 26.8 Å². The van der Waals surface area contributed by atoms with Crippen molar-refractivity contribution in [1.82, 2.24) is 20.0 Å². The fourth-order valence-electron chi connectivity index (χ4n) is 1.34. The minimum atomic E-state index is 0.451. The van der Waals surface area contributed by atoms with E-state index in [1.54, 1.807) is 19.3 Å². The summed E-state index contributed by atoms with van der Waals surface area (Å²) in [5, 5.41) is 8.65. The first-order valence-electron chi connectivity index (χ1n) is 4.78. The van der Waals surface area contributed by atoms with Gasteiger partial charge < -0.3 is 4.90 Å². The summed E-state index contributed by atoms with van der Waals surface area (Å²) in [4.78, 5) is 7.68. The zero-order valence-corrected chi connectivity index (χ0v) is 10.1. The number of hydrogen-bond acceptors (Lipinski definition) is 4. The minimum Gasteiger partial charge on any atom is -0.378 e. The molecule has 84 valence electrons. The van der Waals surface area contributed by atoms with Crippen LogP contribution in [-0.4, -0.2) is 34.1 Å². The van der Waals surface area contributed by atoms with E-state index in [2.05, 4.69) is 15.2 Å². The summed E-state index contributed by atoms with van der Waals surface area (Å²) in [6, 6.07) is 3.73. The van der Waals surface area contributed by atoms with Gasteiger partial charge >= 0.3 is 0 Å². The lowest BCUT2D eigenvalue weighted by atomic mass is 10.2. The summed E-state index contributed by atoms with van der Waals surface area (Å²) in [5.74, 6) is 0. The van der Waals surface area contributed by atoms with Gasteiger partial charge in [-0.1, -0.05) is 11.6 Å². The van der Waals surface area contributed by atoms with Gasteiger partial charge in [0.1, 0.15) is 10.8 Å². The number of rotatable bonds is 2. The molecule has 0 saturated heterocycles. The molecule has 0 aliphatic heterocycles. The van der Waals surface area contributed by atoms with Crippen LogP contribution in [0.4, 0.5) is 5.69 Å². The maximum atomic E-state index is 5.96. The Morgan fingerprint density at radius 3 is 2.56 bits per heavy atom. The Morgan fingerprint density at radius 1 is 1.25 bits per heavy atom. The second-order valence-electron chi connectivity index (χ2n) is 3.65. The molecule has 0 fully saturated rings. The molecule has 0 aliphatic rings. The molecule has 0 amide bonds. The van der Waals surface area contributed by atoms with Gasteiger partial charge in [0.25, 0.3) is 0 Å². The smallest absolute Gasteiger partial charge is 0.131 e. The summed E-state index contributed by atoms with van der Waals surface area (Å²) in [6.45, 7) is 0. The molecule has 0 radical (unpaired) electrons. The third kappa shape index (κ3) is 2.14. The van der Waals surface area contributed by atoms with E-state index in [4.69, 9.17) is 11.6 Å². The Kier molecular flexibility index (Phi) is 2.78. The zero-order chi connectivity index (χ0) is 11.7. The van der Waals surface area contributed by atoms with Crippen molar-refractivity contribution in [2.75, 3.05) is 19.0 Å². The van der Waals surface area contributed by atoms with Gasteiger partial charge in [0.2, 0.25) is 0 Å². The molecule has 0 N–H and O–H groups in total. The average Bonchev–Trinajstić information content (AvgIpc) is 2.64. The molecule has 0 atom stereocenters. The predicted molar refractivity (Wildman–Crippen MR) is 63.6 cm³/mol. The fourth-order valence-corrected chi connectivity index (χ4v) is 1.54. The first-order chi connectivity index (χ1) is 7.56. The van der Waals surface area contributed by atoms with Crippen molar-refractivity contribution in [2.24, 2.45) is 7.05 Å². The van der Waals surface area contributed by atoms with Crippen LogP contribution in [0.15, 0.2) is 18.3 Å². The number of pyridine rings is 1. The van der Waals surface area contributed by atoms with Crippen LogP contribution in [0.5, 0.6) is 0 Å². The van der Waals surface area contributed by atoms with E-state index in [1.165, 1.54) is 4.80 Å². The van der Waals surface area contributed by atoms with Crippen molar-refractivity contribution < 1.29 is 0 Å². The van der Waals surface area contributed by atoms with Gasteiger partial charge in [-0.25, -0.2) is 4.98 Å². The topological polar surface area (TPSA) is 46.8 Å². The second-order valence-corrected chi connectivity index (χ2v) is 4.03. The van der Waals surface area contributed by atoms with Gasteiger partial charge in [0.05, 0.1) is 11.9 Å². The van der Waals surface area contributed by atoms with E-state index in [1.807, 2.05) is 25.1 Å². The molecule has 2 aromatic heterocycles. The van der Waals surface area contributed by atoms with Crippen molar-refractivity contribution in [3.8, 4) is 11.4 Å². The Hall–Kier alpha value is -1.62. The SMILES string of the molecule is CN(C)c1cc(Cl)nc(-c2cnn(C)n2)c1. The van der Waals surface area contributed by atoms with Crippen molar-refractivity contribution in [1.29, 1.82) is 0 Å². The Labute approximate surface area is 98.7 Å². The van der Waals surface area contributed by atoms with Gasteiger partial charge in [-0.05, 0) is 12.1 Å². The third-order valence-corrected chi connectivity index (χ3v) is 2.35. The molecule has 2 aromatic rings. The number of aromatic nitrogens is 4. The lowest BCUT2D eigenvalue weighted by Gasteiger charge is -2.13. The van der Waals surface area contributed by atoms with Crippen LogP contribution in [0, 0.1) is 0 Å². The number of hydrogen-bond donors (Lipinski definition) is 0. The highest BCUT2D eigenvalue weighted by Crippen LogP contribution is 2.23. The number of anilines is 1. The highest BCUT2D eigenvalue weighted by atomic mass is 35.5. The van der Waals surface area contributed by atoms with Crippen LogP contribution in [0.25, 0.3) is 11.4 Å². The maximum absolute atomic E-state index is 5.96. The van der Waals surface area contributed by atoms with Crippen molar-refractivity contribution in [3.05, 3.63) is 23.5 Å². The van der Waals surface area contributed by atoms with E-state index < -0.39 is 0 Å². The lowest BCUT2D eigenvalue weighted by Crippen LogP contribution is -2.09. The molecule has 0 aliphatic carbocycles. The number of nitrogens with zero attached hydrogens (tertiary/aromatic N) is 5. The molecule has 0 unspecified atom stereocenters. The van der Waals surface area contributed by atoms with Crippen LogP contribution in [0.3, 0.4) is 0 Å². The summed E-state index contributed by atoms with van der Waals surface area (Å²) < 4.78 is 0. The lowest BCUT2D eigenvalue weighted by molar-refractivity contribution is 0.655. The molecule has 5 nitrogen and oxygen atoms in total. The molecule has 2 rings (SSSR count). The molecule has 6 heteroatoms. The largest absolute Gasteiger partial charge is 0.378 e. The highest BCUT2D eigenvalue weighted by Gasteiger charge is 2.08. The van der Waals surface area contributed by atoms with Gasteiger partial charge in [-0.15, -0.1) is 0 Å². The summed E-state index contributed by atoms with van der Waals surface area (Å²) in [5.41, 5.74) is 2.43. The standard InChI is InChI=1S/C10H12ClN5/c1-15(2)7-4-8(13-10(11)5-7)9-6-12-16(3)14-9/h4-6H,1-3H3. The molecule has 0 saturated carbocycles. The second kappa shape index (κ2) is 4.09. The summed E-state index contributed by atoms with van der Waals surface area (Å²) in [7, 11) is 5.67. The predicted octanol–water partition coefficient (Wildman–Crippen LogP) is 1.60. The number of aryl methyl sites for hydroxylation is 1. The molecule has 2 heterocycles. The van der Waals surface area contributed by atoms with E-state index in [-0.39, 0.29) is 0 Å². The molecule has 16 heavy (non-hydrogen) atoms. The van der Waals surface area contributed by atoms with E-state index in [0.29, 0.717) is 10.8 Å². The van der Waals surface area contributed by atoms with Crippen LogP contribution in [0.1, 0.15) is 0 Å². The first kappa shape index (κ1) is 10.9. The quantitative estimate of drug-likeness (QED) is 0.745. The van der Waals surface area contributed by atoms with Gasteiger partial charge in [-0.2, -0.15) is 15.0 Å². The van der Waals surface area contributed by atoms with E-state index >= 15 is 0 Å². The first-order valence-corrected chi connectivity index (χ1v) is 5.15. The third-order valence-electron chi connectivity index (χ3n) is 2.16. The van der Waals surface area contributed by atoms with E-state index in [9.17, 15) is 0 Å². The molecule has 0 spiro atoms. The average molecular weight is 238 g/mol. The normalized spacial score (nSPS) is 10.5. The van der Waals surface area contributed by atoms with Crippen molar-refractivity contribution in [2.45, 2.75) is 0 Å². The monoisotopic (exact) mass is 237 g/mol. The summed E-state index contributed by atoms with van der Waals surface area (Å²) in [6.07, 6.45) is 1.66. The zero-order valence-electron chi connectivity index (χ0n) is 9.35. The molecular weight excluding hydrogens is 226 g/mol. The number of halogens is 1. The molecule has 0 aromatic carbocycles.